The summed E-state index contributed by atoms with van der Waals surface area (Å²) in [4.78, 5) is 2.48. The highest BCUT2D eigenvalue weighted by Gasteiger charge is 2.35. The van der Waals surface area contributed by atoms with Gasteiger partial charge in [0.05, 0.1) is 18.3 Å². The van der Waals surface area contributed by atoms with Gasteiger partial charge < -0.3 is 14.7 Å². The van der Waals surface area contributed by atoms with Crippen molar-refractivity contribution in [3.8, 4) is 0 Å². The van der Waals surface area contributed by atoms with E-state index in [1.165, 1.54) is 16.7 Å². The highest BCUT2D eigenvalue weighted by atomic mass is 35.5. The van der Waals surface area contributed by atoms with Crippen LogP contribution in [0.15, 0.2) is 48.5 Å². The Bertz CT molecular complexity index is 756. The average Bonchev–Trinajstić information content (AvgIpc) is 2.68. The first-order chi connectivity index (χ1) is 12.7. The van der Waals surface area contributed by atoms with Gasteiger partial charge in [-0.2, -0.15) is 0 Å². The zero-order valence-corrected chi connectivity index (χ0v) is 16.9. The maximum atomic E-state index is 11.1. The number of nitrogens with zero attached hydrogens (tertiary/aromatic N) is 1. The first kappa shape index (κ1) is 20.3. The molecule has 0 radical (unpaired) electrons. The number of likely N-dealkylation sites (tertiary alicyclic amines) is 1. The molecule has 2 aliphatic heterocycles. The molecule has 2 aliphatic rings. The smallest absolute Gasteiger partial charge is 0.0923 e. The number of piperidine rings is 1. The number of benzene rings is 2. The van der Waals surface area contributed by atoms with Gasteiger partial charge in [0.15, 0.2) is 0 Å². The third-order valence-corrected chi connectivity index (χ3v) is 6.13. The molecule has 1 N–H and O–H groups in total. The molecule has 0 bridgehead atoms. The van der Waals surface area contributed by atoms with Crippen molar-refractivity contribution in [2.75, 3.05) is 26.2 Å². The number of fused-ring (bicyclic) bond motifs is 1. The lowest BCUT2D eigenvalue weighted by atomic mass is 9.82. The molecular formula is C23H30ClNO2. The molecule has 4 rings (SSSR count). The fraction of sp³-hybridized carbons (Fsp3) is 0.478. The van der Waals surface area contributed by atoms with Crippen molar-refractivity contribution >= 4 is 12.4 Å². The largest absolute Gasteiger partial charge is 0.385 e. The van der Waals surface area contributed by atoms with Crippen LogP contribution < -0.4 is 0 Å². The summed E-state index contributed by atoms with van der Waals surface area (Å²) in [5.74, 6) is 0. The molecule has 146 valence electrons. The molecule has 27 heavy (non-hydrogen) atoms. The van der Waals surface area contributed by atoms with Gasteiger partial charge in [-0.1, -0.05) is 48.5 Å². The van der Waals surface area contributed by atoms with E-state index in [0.29, 0.717) is 0 Å². The molecule has 1 fully saturated rings. The lowest BCUT2D eigenvalue weighted by Crippen LogP contribution is -2.43. The number of ether oxygens (including phenoxy) is 1. The van der Waals surface area contributed by atoms with Gasteiger partial charge in [0.2, 0.25) is 0 Å². The van der Waals surface area contributed by atoms with E-state index in [0.717, 1.165) is 57.5 Å². The number of aliphatic hydroxyl groups is 1. The fourth-order valence-corrected chi connectivity index (χ4v) is 4.53. The number of hydrogen-bond acceptors (Lipinski definition) is 3. The summed E-state index contributed by atoms with van der Waals surface area (Å²) < 4.78 is 6.05. The minimum atomic E-state index is -0.671. The predicted octanol–water partition coefficient (Wildman–Crippen LogP) is 4.40. The first-order valence-corrected chi connectivity index (χ1v) is 9.86. The molecule has 2 aromatic carbocycles. The van der Waals surface area contributed by atoms with Gasteiger partial charge in [0, 0.05) is 19.6 Å². The van der Waals surface area contributed by atoms with Gasteiger partial charge in [0.1, 0.15) is 0 Å². The summed E-state index contributed by atoms with van der Waals surface area (Å²) in [7, 11) is 0. The first-order valence-electron chi connectivity index (χ1n) is 9.86. The van der Waals surface area contributed by atoms with E-state index < -0.39 is 5.60 Å². The number of rotatable bonds is 4. The van der Waals surface area contributed by atoms with Crippen LogP contribution >= 0.6 is 12.4 Å². The number of hydrogen-bond donors (Lipinski definition) is 1. The Hall–Kier alpha value is -1.39. The quantitative estimate of drug-likeness (QED) is 0.843. The average molecular weight is 388 g/mol. The Labute approximate surface area is 168 Å². The van der Waals surface area contributed by atoms with Crippen LogP contribution in [0.3, 0.4) is 0 Å². The second-order valence-corrected chi connectivity index (χ2v) is 7.79. The van der Waals surface area contributed by atoms with Crippen LogP contribution in [0.25, 0.3) is 0 Å². The van der Waals surface area contributed by atoms with Crippen molar-refractivity contribution in [2.45, 2.75) is 44.3 Å². The van der Waals surface area contributed by atoms with Crippen LogP contribution in [-0.4, -0.2) is 36.2 Å². The summed E-state index contributed by atoms with van der Waals surface area (Å²) in [5, 5.41) is 11.1. The van der Waals surface area contributed by atoms with Crippen molar-refractivity contribution in [2.24, 2.45) is 0 Å². The maximum absolute atomic E-state index is 11.1. The van der Waals surface area contributed by atoms with Crippen molar-refractivity contribution in [3.05, 3.63) is 70.8 Å². The monoisotopic (exact) mass is 387 g/mol. The van der Waals surface area contributed by atoms with Crippen molar-refractivity contribution in [1.29, 1.82) is 0 Å². The summed E-state index contributed by atoms with van der Waals surface area (Å²) in [5.41, 5.74) is 4.43. The zero-order chi connectivity index (χ0) is 18.0. The molecule has 3 nitrogen and oxygen atoms in total. The Balaban J connectivity index is 0.00000210. The van der Waals surface area contributed by atoms with Gasteiger partial charge in [0.25, 0.3) is 0 Å². The van der Waals surface area contributed by atoms with Crippen LogP contribution in [0.1, 0.15) is 47.6 Å². The molecule has 1 atom stereocenters. The van der Waals surface area contributed by atoms with Gasteiger partial charge >= 0.3 is 0 Å². The molecule has 0 aromatic heterocycles. The van der Waals surface area contributed by atoms with E-state index >= 15 is 0 Å². The van der Waals surface area contributed by atoms with Crippen LogP contribution in [0.5, 0.6) is 0 Å². The highest BCUT2D eigenvalue weighted by Crippen LogP contribution is 2.35. The van der Waals surface area contributed by atoms with E-state index in [1.54, 1.807) is 0 Å². The van der Waals surface area contributed by atoms with Crippen LogP contribution in [0.2, 0.25) is 0 Å². The second-order valence-electron chi connectivity index (χ2n) is 7.79. The minimum absolute atomic E-state index is 0. The summed E-state index contributed by atoms with van der Waals surface area (Å²) in [6.45, 7) is 5.84. The Morgan fingerprint density at radius 3 is 2.56 bits per heavy atom. The van der Waals surface area contributed by atoms with Gasteiger partial charge in [-0.15, -0.1) is 12.4 Å². The molecule has 0 amide bonds. The fourth-order valence-electron chi connectivity index (χ4n) is 4.53. The van der Waals surface area contributed by atoms with Crippen molar-refractivity contribution in [1.82, 2.24) is 4.90 Å². The summed E-state index contributed by atoms with van der Waals surface area (Å²) in [6, 6.07) is 16.9. The van der Waals surface area contributed by atoms with E-state index in [-0.39, 0.29) is 18.5 Å². The van der Waals surface area contributed by atoms with Crippen LogP contribution in [-0.2, 0) is 16.8 Å². The summed E-state index contributed by atoms with van der Waals surface area (Å²) >= 11 is 0. The maximum Gasteiger partial charge on any atom is 0.0923 e. The highest BCUT2D eigenvalue weighted by molar-refractivity contribution is 5.85. The SMILES string of the molecule is Cc1ccccc1C1(O)CCN(CCC2OCCc3ccccc32)CC1.Cl. The van der Waals surface area contributed by atoms with Gasteiger partial charge in [-0.25, -0.2) is 0 Å². The lowest BCUT2D eigenvalue weighted by molar-refractivity contribution is -0.0320. The van der Waals surface area contributed by atoms with Crippen molar-refractivity contribution < 1.29 is 9.84 Å². The third kappa shape index (κ3) is 4.38. The van der Waals surface area contributed by atoms with E-state index in [9.17, 15) is 5.11 Å². The molecule has 1 saturated heterocycles. The Morgan fingerprint density at radius 1 is 1.07 bits per heavy atom. The molecule has 0 spiro atoms. The molecule has 4 heteroatoms. The third-order valence-electron chi connectivity index (χ3n) is 6.13. The van der Waals surface area contributed by atoms with E-state index in [4.69, 9.17) is 4.74 Å². The topological polar surface area (TPSA) is 32.7 Å². The number of aryl methyl sites for hydroxylation is 1. The molecule has 0 saturated carbocycles. The zero-order valence-electron chi connectivity index (χ0n) is 16.1. The van der Waals surface area contributed by atoms with Crippen LogP contribution in [0.4, 0.5) is 0 Å². The predicted molar refractivity (Wildman–Crippen MR) is 111 cm³/mol. The minimum Gasteiger partial charge on any atom is -0.385 e. The summed E-state index contributed by atoms with van der Waals surface area (Å²) in [6.07, 6.45) is 3.89. The Morgan fingerprint density at radius 2 is 1.78 bits per heavy atom. The molecule has 0 aliphatic carbocycles. The standard InChI is InChI=1S/C23H29NO2.ClH/c1-18-6-2-5-9-21(18)23(25)12-15-24(16-13-23)14-10-22-20-8-4-3-7-19(20)11-17-26-22;/h2-9,22,25H,10-17H2,1H3;1H. The van der Waals surface area contributed by atoms with Gasteiger partial charge in [-0.3, -0.25) is 0 Å². The van der Waals surface area contributed by atoms with E-state index in [1.807, 2.05) is 12.1 Å². The van der Waals surface area contributed by atoms with Gasteiger partial charge in [-0.05, 0) is 54.9 Å². The molecule has 1 unspecified atom stereocenters. The van der Waals surface area contributed by atoms with Crippen molar-refractivity contribution in [3.63, 3.8) is 0 Å². The Kier molecular flexibility index (Phi) is 6.59. The lowest BCUT2D eigenvalue weighted by Gasteiger charge is -2.40. The van der Waals surface area contributed by atoms with E-state index in [2.05, 4.69) is 48.2 Å². The number of halogens is 1. The second kappa shape index (κ2) is 8.74. The molecule has 2 aromatic rings. The van der Waals surface area contributed by atoms with Crippen LogP contribution in [0, 0.1) is 6.92 Å². The normalized spacial score (nSPS) is 21.9. The molecular weight excluding hydrogens is 358 g/mol. The molecule has 2 heterocycles.